The zero-order chi connectivity index (χ0) is 20.1. The SMILES string of the molecule is CC(C)CC(NCC(=O)N(C)CC(F)(F)F)c1cccc(C(F)(F)F)c1. The molecule has 1 rings (SSSR count). The number of nitrogens with one attached hydrogen (secondary N) is 1. The molecule has 1 N–H and O–H groups in total. The normalized spacial score (nSPS) is 13.8. The second-order valence-electron chi connectivity index (χ2n) is 6.55. The molecule has 0 aliphatic carbocycles. The summed E-state index contributed by atoms with van der Waals surface area (Å²) in [6, 6.07) is 4.12. The van der Waals surface area contributed by atoms with Gasteiger partial charge in [-0.2, -0.15) is 26.3 Å². The van der Waals surface area contributed by atoms with Crippen molar-refractivity contribution in [1.29, 1.82) is 0 Å². The average Bonchev–Trinajstić information content (AvgIpc) is 2.48. The van der Waals surface area contributed by atoms with E-state index in [4.69, 9.17) is 0 Å². The molecule has 148 valence electrons. The summed E-state index contributed by atoms with van der Waals surface area (Å²) >= 11 is 0. The summed E-state index contributed by atoms with van der Waals surface area (Å²) < 4.78 is 75.7. The number of hydrogen-bond donors (Lipinski definition) is 1. The summed E-state index contributed by atoms with van der Waals surface area (Å²) in [5.41, 5.74) is -0.481. The highest BCUT2D eigenvalue weighted by molar-refractivity contribution is 5.78. The van der Waals surface area contributed by atoms with E-state index in [0.29, 0.717) is 16.9 Å². The maximum absolute atomic E-state index is 12.9. The third-order valence-electron chi connectivity index (χ3n) is 3.67. The van der Waals surface area contributed by atoms with Crippen molar-refractivity contribution < 1.29 is 31.1 Å². The molecule has 0 aliphatic heterocycles. The fraction of sp³-hybridized carbons (Fsp3) is 0.588. The van der Waals surface area contributed by atoms with E-state index in [1.165, 1.54) is 12.1 Å². The Labute approximate surface area is 148 Å². The molecule has 0 aliphatic rings. The van der Waals surface area contributed by atoms with Gasteiger partial charge in [-0.05, 0) is 30.0 Å². The minimum atomic E-state index is -4.51. The number of likely N-dealkylation sites (N-methyl/N-ethyl adjacent to an activating group) is 1. The van der Waals surface area contributed by atoms with Gasteiger partial charge in [-0.25, -0.2) is 0 Å². The lowest BCUT2D eigenvalue weighted by molar-refractivity contribution is -0.157. The van der Waals surface area contributed by atoms with Crippen LogP contribution in [0.1, 0.15) is 37.4 Å². The van der Waals surface area contributed by atoms with E-state index < -0.39 is 43.0 Å². The molecule has 0 radical (unpaired) electrons. The molecule has 1 unspecified atom stereocenters. The summed E-state index contributed by atoms with van der Waals surface area (Å²) in [6.45, 7) is 1.94. The molecule has 3 nitrogen and oxygen atoms in total. The molecule has 0 aromatic heterocycles. The molecule has 0 saturated carbocycles. The fourth-order valence-electron chi connectivity index (χ4n) is 2.44. The first-order chi connectivity index (χ1) is 11.8. The largest absolute Gasteiger partial charge is 0.416 e. The standard InChI is InChI=1S/C17H22F6N2O/c1-11(2)7-14(12-5-4-6-13(8-12)17(21,22)23)24-9-15(26)25(3)10-16(18,19)20/h4-6,8,11,14,24H,7,9-10H2,1-3H3. The number of alkyl halides is 6. The molecule has 1 atom stereocenters. The Morgan fingerprint density at radius 2 is 1.77 bits per heavy atom. The lowest BCUT2D eigenvalue weighted by Crippen LogP contribution is -2.41. The lowest BCUT2D eigenvalue weighted by Gasteiger charge is -2.24. The summed E-state index contributed by atoms with van der Waals surface area (Å²) in [6.07, 6.45) is -8.58. The number of hydrogen-bond acceptors (Lipinski definition) is 2. The molecule has 1 amide bonds. The molecular weight excluding hydrogens is 362 g/mol. The number of carbonyl (C=O) groups excluding carboxylic acids is 1. The van der Waals surface area contributed by atoms with Gasteiger partial charge in [0.15, 0.2) is 0 Å². The van der Waals surface area contributed by atoms with Crippen molar-refractivity contribution in [3.05, 3.63) is 35.4 Å². The van der Waals surface area contributed by atoms with Gasteiger partial charge >= 0.3 is 12.4 Å². The smallest absolute Gasteiger partial charge is 0.336 e. The topological polar surface area (TPSA) is 32.3 Å². The highest BCUT2D eigenvalue weighted by atomic mass is 19.4. The maximum atomic E-state index is 12.9. The average molecular weight is 384 g/mol. The van der Waals surface area contributed by atoms with E-state index in [2.05, 4.69) is 5.32 Å². The van der Waals surface area contributed by atoms with E-state index in [1.54, 1.807) is 0 Å². The highest BCUT2D eigenvalue weighted by Crippen LogP contribution is 2.32. The lowest BCUT2D eigenvalue weighted by atomic mass is 9.95. The van der Waals surface area contributed by atoms with Crippen LogP contribution in [0.2, 0.25) is 0 Å². The number of rotatable bonds is 7. The third-order valence-corrected chi connectivity index (χ3v) is 3.67. The Kier molecular flexibility index (Phi) is 7.49. The van der Waals surface area contributed by atoms with Crippen LogP contribution in [0.4, 0.5) is 26.3 Å². The molecule has 0 fully saturated rings. The van der Waals surface area contributed by atoms with Gasteiger partial charge in [0.25, 0.3) is 0 Å². The quantitative estimate of drug-likeness (QED) is 0.707. The number of benzene rings is 1. The number of nitrogens with zero attached hydrogens (tertiary/aromatic N) is 1. The predicted molar refractivity (Wildman–Crippen MR) is 85.3 cm³/mol. The van der Waals surface area contributed by atoms with Gasteiger partial charge in [0.1, 0.15) is 6.54 Å². The van der Waals surface area contributed by atoms with Gasteiger partial charge in [-0.3, -0.25) is 4.79 Å². The van der Waals surface area contributed by atoms with Crippen LogP contribution in [-0.4, -0.2) is 37.1 Å². The Morgan fingerprint density at radius 1 is 1.15 bits per heavy atom. The van der Waals surface area contributed by atoms with Crippen LogP contribution in [0.5, 0.6) is 0 Å². The summed E-state index contributed by atoms with van der Waals surface area (Å²) in [4.78, 5) is 12.4. The van der Waals surface area contributed by atoms with Gasteiger partial charge in [-0.1, -0.05) is 26.0 Å². The number of halogens is 6. The molecule has 1 aromatic rings. The van der Waals surface area contributed by atoms with E-state index in [-0.39, 0.29) is 5.92 Å². The van der Waals surface area contributed by atoms with Gasteiger partial charge in [0.05, 0.1) is 12.1 Å². The molecule has 0 heterocycles. The van der Waals surface area contributed by atoms with E-state index in [0.717, 1.165) is 19.2 Å². The highest BCUT2D eigenvalue weighted by Gasteiger charge is 2.32. The summed E-state index contributed by atoms with van der Waals surface area (Å²) in [5, 5.41) is 2.79. The van der Waals surface area contributed by atoms with Gasteiger partial charge in [-0.15, -0.1) is 0 Å². The second kappa shape index (κ2) is 8.75. The molecule has 0 spiro atoms. The van der Waals surface area contributed by atoms with E-state index in [9.17, 15) is 31.1 Å². The first kappa shape index (κ1) is 22.3. The molecule has 0 saturated heterocycles. The maximum Gasteiger partial charge on any atom is 0.416 e. The first-order valence-corrected chi connectivity index (χ1v) is 8.01. The number of carbonyl (C=O) groups is 1. The zero-order valence-electron chi connectivity index (χ0n) is 14.7. The van der Waals surface area contributed by atoms with Crippen molar-refractivity contribution >= 4 is 5.91 Å². The minimum Gasteiger partial charge on any atom is -0.336 e. The van der Waals surface area contributed by atoms with Crippen LogP contribution in [0, 0.1) is 5.92 Å². The second-order valence-corrected chi connectivity index (χ2v) is 6.55. The monoisotopic (exact) mass is 384 g/mol. The van der Waals surface area contributed by atoms with E-state index >= 15 is 0 Å². The van der Waals surface area contributed by atoms with Gasteiger partial charge in [0, 0.05) is 13.1 Å². The summed E-state index contributed by atoms with van der Waals surface area (Å²) in [5.74, 6) is -0.687. The van der Waals surface area contributed by atoms with Crippen molar-refractivity contribution in [3.8, 4) is 0 Å². The Morgan fingerprint density at radius 3 is 2.27 bits per heavy atom. The third kappa shape index (κ3) is 7.63. The van der Waals surface area contributed by atoms with Crippen molar-refractivity contribution in [2.75, 3.05) is 20.1 Å². The molecule has 9 heteroatoms. The first-order valence-electron chi connectivity index (χ1n) is 8.01. The predicted octanol–water partition coefficient (Wildman–Crippen LogP) is 4.40. The number of amides is 1. The minimum absolute atomic E-state index is 0.102. The summed E-state index contributed by atoms with van der Waals surface area (Å²) in [7, 11) is 1.03. The van der Waals surface area contributed by atoms with Crippen molar-refractivity contribution in [1.82, 2.24) is 10.2 Å². The van der Waals surface area contributed by atoms with Crippen LogP contribution in [-0.2, 0) is 11.0 Å². The van der Waals surface area contributed by atoms with Crippen molar-refractivity contribution in [2.45, 2.75) is 38.7 Å². The van der Waals surface area contributed by atoms with Crippen LogP contribution in [0.15, 0.2) is 24.3 Å². The molecule has 26 heavy (non-hydrogen) atoms. The molecular formula is C17H22F6N2O. The van der Waals surface area contributed by atoms with Crippen molar-refractivity contribution in [3.63, 3.8) is 0 Å². The van der Waals surface area contributed by atoms with Crippen molar-refractivity contribution in [2.24, 2.45) is 5.92 Å². The van der Waals surface area contributed by atoms with Gasteiger partial charge in [0.2, 0.25) is 5.91 Å². The van der Waals surface area contributed by atoms with Crippen LogP contribution in [0.3, 0.4) is 0 Å². The van der Waals surface area contributed by atoms with Crippen LogP contribution in [0.25, 0.3) is 0 Å². The molecule has 0 bridgehead atoms. The van der Waals surface area contributed by atoms with Gasteiger partial charge < -0.3 is 10.2 Å². The fourth-order valence-corrected chi connectivity index (χ4v) is 2.44. The Hall–Kier alpha value is -1.77. The Bertz CT molecular complexity index is 598. The van der Waals surface area contributed by atoms with Crippen LogP contribution >= 0.6 is 0 Å². The zero-order valence-corrected chi connectivity index (χ0v) is 14.7. The Balaban J connectivity index is 2.87. The van der Waals surface area contributed by atoms with E-state index in [1.807, 2.05) is 13.8 Å². The molecule has 1 aromatic carbocycles. The van der Waals surface area contributed by atoms with Crippen LogP contribution < -0.4 is 5.32 Å².